The summed E-state index contributed by atoms with van der Waals surface area (Å²) in [5.41, 5.74) is 1.21. The molecule has 1 saturated carbocycles. The lowest BCUT2D eigenvalue weighted by Gasteiger charge is -2.09. The van der Waals surface area contributed by atoms with Crippen molar-refractivity contribution in [2.24, 2.45) is 17.3 Å². The van der Waals surface area contributed by atoms with E-state index >= 15 is 0 Å². The number of nitriles is 1. The number of hydrogen-bond donors (Lipinski definition) is 0. The Morgan fingerprint density at radius 1 is 1.11 bits per heavy atom. The van der Waals surface area contributed by atoms with Gasteiger partial charge in [0.15, 0.2) is 0 Å². The topological polar surface area (TPSA) is 59.3 Å². The van der Waals surface area contributed by atoms with Crippen molar-refractivity contribution < 1.29 is 18.7 Å². The lowest BCUT2D eigenvalue weighted by atomic mass is 10.1. The number of hydrogen-bond acceptors (Lipinski definition) is 4. The van der Waals surface area contributed by atoms with Crippen molar-refractivity contribution >= 4 is 34.2 Å². The van der Waals surface area contributed by atoms with Crippen LogP contribution >= 0.6 is 23.2 Å². The van der Waals surface area contributed by atoms with Gasteiger partial charge in [0.1, 0.15) is 30.0 Å². The van der Waals surface area contributed by atoms with Crippen molar-refractivity contribution in [1.29, 1.82) is 5.26 Å². The molecule has 1 fully saturated rings. The summed E-state index contributed by atoms with van der Waals surface area (Å²) in [7, 11) is 0. The zero-order valence-corrected chi connectivity index (χ0v) is 20.6. The Kier molecular flexibility index (Phi) is 7.16. The molecule has 3 aromatic rings. The van der Waals surface area contributed by atoms with Crippen molar-refractivity contribution in [3.63, 3.8) is 0 Å². The maximum atomic E-state index is 13.5. The zero-order chi connectivity index (χ0) is 25.2. The molecule has 4 rings (SSSR count). The monoisotopic (exact) mass is 509 g/mol. The number of ether oxygens (including phenoxy) is 2. The molecule has 7 heteroatoms. The summed E-state index contributed by atoms with van der Waals surface area (Å²) in [4.78, 5) is 12.8. The Morgan fingerprint density at radius 3 is 2.54 bits per heavy atom. The summed E-state index contributed by atoms with van der Waals surface area (Å²) in [6.45, 7) is 4.11. The van der Waals surface area contributed by atoms with Crippen LogP contribution < -0.4 is 4.74 Å². The third-order valence-corrected chi connectivity index (χ3v) is 6.78. The van der Waals surface area contributed by atoms with E-state index in [0.717, 1.165) is 11.1 Å². The van der Waals surface area contributed by atoms with Gasteiger partial charge < -0.3 is 9.47 Å². The van der Waals surface area contributed by atoms with Gasteiger partial charge in [-0.3, -0.25) is 4.79 Å². The Hall–Kier alpha value is -3.33. The lowest BCUT2D eigenvalue weighted by Crippen LogP contribution is -2.10. The van der Waals surface area contributed by atoms with Crippen LogP contribution in [0.15, 0.2) is 72.8 Å². The highest BCUT2D eigenvalue weighted by molar-refractivity contribution is 6.48. The van der Waals surface area contributed by atoms with E-state index in [-0.39, 0.29) is 35.4 Å². The summed E-state index contributed by atoms with van der Waals surface area (Å²) in [6.07, 6.45) is 1.91. The second-order valence-corrected chi connectivity index (χ2v) is 9.80. The number of allylic oxidation sites excluding steroid dienone is 1. The first-order valence-electron chi connectivity index (χ1n) is 11.0. The first-order chi connectivity index (χ1) is 16.7. The van der Waals surface area contributed by atoms with Gasteiger partial charge in [-0.15, -0.1) is 0 Å². The first-order valence-corrected chi connectivity index (χ1v) is 11.7. The first kappa shape index (κ1) is 24.8. The molecule has 2 atom stereocenters. The molecule has 0 amide bonds. The average Bonchev–Trinajstić information content (AvgIpc) is 3.38. The Labute approximate surface area is 213 Å². The fraction of sp³-hybridized carbons (Fsp3) is 0.214. The molecular formula is C28H22Cl2FNO3. The molecule has 0 heterocycles. The highest BCUT2D eigenvalue weighted by Crippen LogP contribution is 2.60. The standard InChI is InChI=1S/C28H22Cl2FNO3/c1-28(2)23(14-24(30)18-6-8-20(29)9-7-18)26(28)27(33)34-16-17-4-3-5-21(12-17)35-22-10-11-25(31)19(13-22)15-32/h3-14,23,26H,16H2,1-2H3/b24-14-. The quantitative estimate of drug-likeness (QED) is 0.305. The van der Waals surface area contributed by atoms with Crippen molar-refractivity contribution in [2.45, 2.75) is 20.5 Å². The molecule has 0 radical (unpaired) electrons. The predicted octanol–water partition coefficient (Wildman–Crippen LogP) is 7.74. The second-order valence-electron chi connectivity index (χ2n) is 8.96. The third-order valence-electron chi connectivity index (χ3n) is 6.18. The van der Waals surface area contributed by atoms with Crippen LogP contribution in [0.3, 0.4) is 0 Å². The average molecular weight is 510 g/mol. The molecule has 0 aromatic heterocycles. The van der Waals surface area contributed by atoms with E-state index in [1.807, 2.05) is 38.1 Å². The molecule has 178 valence electrons. The van der Waals surface area contributed by atoms with Crippen molar-refractivity contribution in [1.82, 2.24) is 0 Å². The van der Waals surface area contributed by atoms with Crippen molar-refractivity contribution in [2.75, 3.05) is 0 Å². The van der Waals surface area contributed by atoms with Crippen molar-refractivity contribution in [3.8, 4) is 17.6 Å². The minimum absolute atomic E-state index is 0.0411. The largest absolute Gasteiger partial charge is 0.461 e. The van der Waals surface area contributed by atoms with Gasteiger partial charge in [-0.1, -0.05) is 67.4 Å². The van der Waals surface area contributed by atoms with Crippen LogP contribution in [0.5, 0.6) is 11.5 Å². The Balaban J connectivity index is 1.38. The van der Waals surface area contributed by atoms with Gasteiger partial charge in [0, 0.05) is 16.1 Å². The van der Waals surface area contributed by atoms with E-state index in [4.69, 9.17) is 37.9 Å². The highest BCUT2D eigenvalue weighted by atomic mass is 35.5. The van der Waals surface area contributed by atoms with Crippen LogP contribution in [0.2, 0.25) is 5.02 Å². The smallest absolute Gasteiger partial charge is 0.310 e. The fourth-order valence-electron chi connectivity index (χ4n) is 4.03. The molecule has 3 aromatic carbocycles. The van der Waals surface area contributed by atoms with Gasteiger partial charge in [0.2, 0.25) is 0 Å². The molecule has 0 N–H and O–H groups in total. The molecule has 1 aliphatic carbocycles. The maximum Gasteiger partial charge on any atom is 0.310 e. The molecular weight excluding hydrogens is 488 g/mol. The summed E-state index contributed by atoms with van der Waals surface area (Å²) in [5.74, 6) is -0.418. The molecule has 0 aliphatic heterocycles. The van der Waals surface area contributed by atoms with Gasteiger partial charge in [-0.2, -0.15) is 5.26 Å². The minimum atomic E-state index is -0.605. The number of benzene rings is 3. The molecule has 1 aliphatic rings. The van der Waals surface area contributed by atoms with Crippen LogP contribution in [0.4, 0.5) is 4.39 Å². The molecule has 35 heavy (non-hydrogen) atoms. The van der Waals surface area contributed by atoms with Gasteiger partial charge >= 0.3 is 5.97 Å². The Bertz CT molecular complexity index is 1330. The second kappa shape index (κ2) is 10.1. The molecule has 0 saturated heterocycles. The summed E-state index contributed by atoms with van der Waals surface area (Å²) >= 11 is 12.4. The summed E-state index contributed by atoms with van der Waals surface area (Å²) in [6, 6.07) is 20.0. The SMILES string of the molecule is CC1(C)C(/C=C(\Cl)c2ccc(Cl)cc2)C1C(=O)OCc1cccc(Oc2ccc(F)c(C#N)c2)c1. The van der Waals surface area contributed by atoms with Crippen molar-refractivity contribution in [3.05, 3.63) is 100 Å². The predicted molar refractivity (Wildman–Crippen MR) is 133 cm³/mol. The van der Waals surface area contributed by atoms with E-state index in [9.17, 15) is 9.18 Å². The van der Waals surface area contributed by atoms with E-state index in [1.54, 1.807) is 36.4 Å². The number of halogens is 3. The third kappa shape index (κ3) is 5.67. The zero-order valence-electron chi connectivity index (χ0n) is 19.1. The van der Waals surface area contributed by atoms with Gasteiger partial charge in [-0.05, 0) is 58.9 Å². The van der Waals surface area contributed by atoms with Crippen LogP contribution in [0, 0.1) is 34.4 Å². The van der Waals surface area contributed by atoms with Crippen LogP contribution in [-0.2, 0) is 16.1 Å². The number of nitrogens with zero attached hydrogens (tertiary/aromatic N) is 1. The van der Waals surface area contributed by atoms with Gasteiger partial charge in [-0.25, -0.2) is 4.39 Å². The number of rotatable bonds is 7. The van der Waals surface area contributed by atoms with Gasteiger partial charge in [0.05, 0.1) is 11.5 Å². The fourth-order valence-corrected chi connectivity index (χ4v) is 4.42. The normalized spacial score (nSPS) is 18.5. The number of carbonyl (C=O) groups excluding carboxylic acids is 1. The van der Waals surface area contributed by atoms with E-state index in [2.05, 4.69) is 0 Å². The number of carbonyl (C=O) groups is 1. The molecule has 0 spiro atoms. The van der Waals surface area contributed by atoms with Gasteiger partial charge in [0.25, 0.3) is 0 Å². The molecule has 0 bridgehead atoms. The van der Waals surface area contributed by atoms with E-state index in [1.165, 1.54) is 18.2 Å². The summed E-state index contributed by atoms with van der Waals surface area (Å²) < 4.78 is 24.9. The molecule has 4 nitrogen and oxygen atoms in total. The maximum absolute atomic E-state index is 13.5. The minimum Gasteiger partial charge on any atom is -0.461 e. The number of esters is 1. The van der Waals surface area contributed by atoms with E-state index in [0.29, 0.717) is 21.6 Å². The van der Waals surface area contributed by atoms with E-state index < -0.39 is 5.82 Å². The van der Waals surface area contributed by atoms with Crippen LogP contribution in [-0.4, -0.2) is 5.97 Å². The lowest BCUT2D eigenvalue weighted by molar-refractivity contribution is -0.147. The van der Waals surface area contributed by atoms with Crippen LogP contribution in [0.25, 0.3) is 5.03 Å². The highest BCUT2D eigenvalue weighted by Gasteiger charge is 2.61. The summed E-state index contributed by atoms with van der Waals surface area (Å²) in [5, 5.41) is 10.2. The molecule has 2 unspecified atom stereocenters. The van der Waals surface area contributed by atoms with Crippen LogP contribution in [0.1, 0.15) is 30.5 Å². The Morgan fingerprint density at radius 2 is 1.83 bits per heavy atom.